The number of carbonyl (C=O) groups is 1. The average molecular weight is 263 g/mol. The molecule has 1 aromatic carbocycles. The van der Waals surface area contributed by atoms with Crippen molar-refractivity contribution < 1.29 is 14.3 Å². The molecule has 1 fully saturated rings. The largest absolute Gasteiger partial charge is 0.496 e. The van der Waals surface area contributed by atoms with E-state index in [0.29, 0.717) is 24.7 Å². The zero-order valence-electron chi connectivity index (χ0n) is 11.9. The molecule has 0 aliphatic carbocycles. The van der Waals surface area contributed by atoms with Gasteiger partial charge in [-0.1, -0.05) is 19.9 Å². The van der Waals surface area contributed by atoms with Crippen molar-refractivity contribution in [2.45, 2.75) is 32.2 Å². The molecular formula is C15H21NO3. The Morgan fingerprint density at radius 2 is 2.11 bits per heavy atom. The fraction of sp³-hybridized carbons (Fsp3) is 0.533. The summed E-state index contributed by atoms with van der Waals surface area (Å²) in [5.74, 6) is 1.04. The first-order valence-corrected chi connectivity index (χ1v) is 6.53. The fourth-order valence-corrected chi connectivity index (χ4v) is 2.16. The highest BCUT2D eigenvalue weighted by Gasteiger charge is 2.35. The molecule has 0 bridgehead atoms. The molecular weight excluding hydrogens is 242 g/mol. The average Bonchev–Trinajstić information content (AvgIpc) is 2.35. The van der Waals surface area contributed by atoms with E-state index in [4.69, 9.17) is 9.47 Å². The van der Waals surface area contributed by atoms with Crippen molar-refractivity contribution in [3.05, 3.63) is 29.3 Å². The van der Waals surface area contributed by atoms with Gasteiger partial charge >= 0.3 is 0 Å². The highest BCUT2D eigenvalue weighted by atomic mass is 16.5. The minimum atomic E-state index is -0.235. The number of hydrogen-bond donors (Lipinski definition) is 1. The van der Waals surface area contributed by atoms with Gasteiger partial charge in [-0.05, 0) is 30.5 Å². The Morgan fingerprint density at radius 3 is 2.58 bits per heavy atom. The van der Waals surface area contributed by atoms with Crippen molar-refractivity contribution in [2.75, 3.05) is 20.3 Å². The van der Waals surface area contributed by atoms with Crippen LogP contribution in [0.15, 0.2) is 18.2 Å². The van der Waals surface area contributed by atoms with Crippen LogP contribution < -0.4 is 10.1 Å². The second-order valence-corrected chi connectivity index (χ2v) is 5.62. The van der Waals surface area contributed by atoms with Gasteiger partial charge in [-0.3, -0.25) is 4.79 Å². The highest BCUT2D eigenvalue weighted by Crippen LogP contribution is 2.27. The Labute approximate surface area is 114 Å². The molecule has 0 atom stereocenters. The molecule has 0 saturated carbocycles. The molecule has 1 amide bonds. The van der Waals surface area contributed by atoms with Crippen LogP contribution >= 0.6 is 0 Å². The molecule has 0 spiro atoms. The first kappa shape index (κ1) is 13.9. The lowest BCUT2D eigenvalue weighted by atomic mass is 9.98. The van der Waals surface area contributed by atoms with E-state index >= 15 is 0 Å². The van der Waals surface area contributed by atoms with Gasteiger partial charge in [0, 0.05) is 5.56 Å². The van der Waals surface area contributed by atoms with E-state index in [1.165, 1.54) is 0 Å². The van der Waals surface area contributed by atoms with E-state index in [1.807, 2.05) is 19.1 Å². The maximum absolute atomic E-state index is 12.2. The number of carbonyl (C=O) groups excluding carboxylic acids is 1. The third-order valence-corrected chi connectivity index (χ3v) is 3.37. The van der Waals surface area contributed by atoms with Crippen LogP contribution in [-0.4, -0.2) is 31.8 Å². The second-order valence-electron chi connectivity index (χ2n) is 5.62. The topological polar surface area (TPSA) is 47.6 Å². The van der Waals surface area contributed by atoms with Gasteiger partial charge in [0.2, 0.25) is 0 Å². The van der Waals surface area contributed by atoms with Gasteiger partial charge in [-0.25, -0.2) is 0 Å². The van der Waals surface area contributed by atoms with E-state index in [-0.39, 0.29) is 11.4 Å². The van der Waals surface area contributed by atoms with Crippen LogP contribution in [0.2, 0.25) is 0 Å². The number of nitrogens with one attached hydrogen (secondary N) is 1. The van der Waals surface area contributed by atoms with Gasteiger partial charge in [-0.15, -0.1) is 0 Å². The smallest absolute Gasteiger partial charge is 0.251 e. The summed E-state index contributed by atoms with van der Waals surface area (Å²) in [6.45, 7) is 7.32. The Kier molecular flexibility index (Phi) is 3.80. The molecule has 1 aliphatic rings. The van der Waals surface area contributed by atoms with E-state index in [9.17, 15) is 4.79 Å². The molecule has 1 N–H and O–H groups in total. The Balaban J connectivity index is 2.18. The summed E-state index contributed by atoms with van der Waals surface area (Å²) in [4.78, 5) is 12.2. The summed E-state index contributed by atoms with van der Waals surface area (Å²) in [5.41, 5.74) is 1.49. The van der Waals surface area contributed by atoms with Crippen molar-refractivity contribution >= 4 is 5.91 Å². The van der Waals surface area contributed by atoms with E-state index in [0.717, 1.165) is 11.3 Å². The third kappa shape index (κ3) is 2.89. The SMILES string of the molecule is COc1cc(C(=O)NC2(C)COC2)ccc1C(C)C. The first-order valence-electron chi connectivity index (χ1n) is 6.53. The van der Waals surface area contributed by atoms with Crippen molar-refractivity contribution in [3.8, 4) is 5.75 Å². The number of ether oxygens (including phenoxy) is 2. The van der Waals surface area contributed by atoms with E-state index in [2.05, 4.69) is 19.2 Å². The fourth-order valence-electron chi connectivity index (χ4n) is 2.16. The molecule has 104 valence electrons. The van der Waals surface area contributed by atoms with Crippen LogP contribution in [0.3, 0.4) is 0 Å². The summed E-state index contributed by atoms with van der Waals surface area (Å²) >= 11 is 0. The normalized spacial score (nSPS) is 16.9. The van der Waals surface area contributed by atoms with Crippen LogP contribution in [0.25, 0.3) is 0 Å². The van der Waals surface area contributed by atoms with Gasteiger partial charge in [0.15, 0.2) is 0 Å². The van der Waals surface area contributed by atoms with E-state index < -0.39 is 0 Å². The standard InChI is InChI=1S/C15H21NO3/c1-10(2)12-6-5-11(7-13(12)18-4)14(17)16-15(3)8-19-9-15/h5-7,10H,8-9H2,1-4H3,(H,16,17). The summed E-state index contributed by atoms with van der Waals surface area (Å²) in [6.07, 6.45) is 0. The Hall–Kier alpha value is -1.55. The molecule has 1 heterocycles. The molecule has 1 saturated heterocycles. The molecule has 19 heavy (non-hydrogen) atoms. The number of benzene rings is 1. The monoisotopic (exact) mass is 263 g/mol. The minimum absolute atomic E-state index is 0.0839. The zero-order valence-corrected chi connectivity index (χ0v) is 11.9. The minimum Gasteiger partial charge on any atom is -0.496 e. The summed E-state index contributed by atoms with van der Waals surface area (Å²) in [7, 11) is 1.63. The van der Waals surface area contributed by atoms with Crippen molar-refractivity contribution in [1.82, 2.24) is 5.32 Å². The predicted molar refractivity (Wildman–Crippen MR) is 73.8 cm³/mol. The lowest BCUT2D eigenvalue weighted by Crippen LogP contribution is -2.59. The van der Waals surface area contributed by atoms with Gasteiger partial charge in [0.1, 0.15) is 5.75 Å². The van der Waals surface area contributed by atoms with Crippen molar-refractivity contribution in [2.24, 2.45) is 0 Å². The number of rotatable bonds is 4. The molecule has 2 rings (SSSR count). The number of amides is 1. The summed E-state index contributed by atoms with van der Waals surface area (Å²) < 4.78 is 10.5. The lowest BCUT2D eigenvalue weighted by molar-refractivity contribution is -0.0593. The number of hydrogen-bond acceptors (Lipinski definition) is 3. The number of methoxy groups -OCH3 is 1. The van der Waals surface area contributed by atoms with Crippen LogP contribution in [0.1, 0.15) is 42.6 Å². The molecule has 1 aliphatic heterocycles. The lowest BCUT2D eigenvalue weighted by Gasteiger charge is -2.38. The Bertz CT molecular complexity index is 478. The van der Waals surface area contributed by atoms with Gasteiger partial charge in [-0.2, -0.15) is 0 Å². The summed E-state index contributed by atoms with van der Waals surface area (Å²) in [6, 6.07) is 5.60. The summed E-state index contributed by atoms with van der Waals surface area (Å²) in [5, 5.41) is 2.99. The highest BCUT2D eigenvalue weighted by molar-refractivity contribution is 5.95. The van der Waals surface area contributed by atoms with Gasteiger partial charge in [0.25, 0.3) is 5.91 Å². The van der Waals surface area contributed by atoms with E-state index in [1.54, 1.807) is 13.2 Å². The van der Waals surface area contributed by atoms with Crippen molar-refractivity contribution in [1.29, 1.82) is 0 Å². The maximum atomic E-state index is 12.2. The molecule has 4 heteroatoms. The maximum Gasteiger partial charge on any atom is 0.251 e. The van der Waals surface area contributed by atoms with Crippen LogP contribution in [0, 0.1) is 0 Å². The molecule has 0 unspecified atom stereocenters. The molecule has 1 aromatic rings. The Morgan fingerprint density at radius 1 is 1.42 bits per heavy atom. The van der Waals surface area contributed by atoms with Crippen LogP contribution in [0.5, 0.6) is 5.75 Å². The molecule has 0 radical (unpaired) electrons. The predicted octanol–water partition coefficient (Wildman–Crippen LogP) is 2.34. The van der Waals surface area contributed by atoms with Gasteiger partial charge < -0.3 is 14.8 Å². The quantitative estimate of drug-likeness (QED) is 0.907. The first-order chi connectivity index (χ1) is 8.95. The molecule has 4 nitrogen and oxygen atoms in total. The third-order valence-electron chi connectivity index (χ3n) is 3.37. The van der Waals surface area contributed by atoms with Crippen LogP contribution in [-0.2, 0) is 4.74 Å². The second kappa shape index (κ2) is 5.21. The van der Waals surface area contributed by atoms with Crippen LogP contribution in [0.4, 0.5) is 0 Å². The van der Waals surface area contributed by atoms with Gasteiger partial charge in [0.05, 0.1) is 25.9 Å². The zero-order chi connectivity index (χ0) is 14.0. The molecule has 0 aromatic heterocycles. The van der Waals surface area contributed by atoms with Crippen molar-refractivity contribution in [3.63, 3.8) is 0 Å².